The van der Waals surface area contributed by atoms with Crippen LogP contribution in [0.1, 0.15) is 32.3 Å². The van der Waals surface area contributed by atoms with Crippen molar-refractivity contribution in [1.29, 1.82) is 0 Å². The summed E-state index contributed by atoms with van der Waals surface area (Å²) in [5.41, 5.74) is 6.62. The Morgan fingerprint density at radius 2 is 1.70 bits per heavy atom. The van der Waals surface area contributed by atoms with Crippen LogP contribution in [0.5, 0.6) is 0 Å². The van der Waals surface area contributed by atoms with Crippen LogP contribution in [0, 0.1) is 5.92 Å². The molecule has 0 fully saturated rings. The van der Waals surface area contributed by atoms with Crippen LogP contribution in [0.15, 0.2) is 24.3 Å². The van der Waals surface area contributed by atoms with Gasteiger partial charge >= 0.3 is 12.1 Å². The molecule has 7 N–H and O–H groups in total. The van der Waals surface area contributed by atoms with E-state index in [9.17, 15) is 19.2 Å². The minimum Gasteiger partial charge on any atom is -0.465 e. The Morgan fingerprint density at radius 1 is 1.07 bits per heavy atom. The summed E-state index contributed by atoms with van der Waals surface area (Å²) in [4.78, 5) is 47.2. The molecule has 0 aliphatic carbocycles. The molecule has 0 heterocycles. The Hall–Kier alpha value is -2.82. The van der Waals surface area contributed by atoms with Gasteiger partial charge in [0.05, 0.1) is 0 Å². The van der Waals surface area contributed by atoms with E-state index in [2.05, 4.69) is 37.2 Å². The normalized spacial score (nSPS) is 12.5. The molecule has 2 atom stereocenters. The van der Waals surface area contributed by atoms with Gasteiger partial charge in [0, 0.05) is 17.6 Å². The molecule has 0 aromatic heterocycles. The molecule has 166 valence electrons. The summed E-state index contributed by atoms with van der Waals surface area (Å²) >= 11 is 3.35. The lowest BCUT2D eigenvalue weighted by molar-refractivity contribution is -0.128. The number of primary amides is 1. The second kappa shape index (κ2) is 12.7. The number of hydrogen-bond donors (Lipinski definition) is 6. The molecule has 0 unspecified atom stereocenters. The Kier molecular flexibility index (Phi) is 10.7. The average molecular weight is 486 g/mol. The van der Waals surface area contributed by atoms with E-state index in [1.165, 1.54) is 0 Å². The molecule has 0 aliphatic heterocycles. The van der Waals surface area contributed by atoms with Crippen molar-refractivity contribution < 1.29 is 24.3 Å². The number of anilines is 1. The third kappa shape index (κ3) is 9.12. The number of urea groups is 1. The van der Waals surface area contributed by atoms with E-state index in [0.29, 0.717) is 17.4 Å². The van der Waals surface area contributed by atoms with Gasteiger partial charge in [-0.2, -0.15) is 0 Å². The summed E-state index contributed by atoms with van der Waals surface area (Å²) in [6, 6.07) is 4.55. The molecule has 5 amide bonds. The summed E-state index contributed by atoms with van der Waals surface area (Å²) in [5.74, 6) is -1.38. The zero-order chi connectivity index (χ0) is 22.7. The molecular weight excluding hydrogens is 458 g/mol. The number of carbonyl (C=O) groups is 4. The number of nitrogens with one attached hydrogen (secondary N) is 4. The van der Waals surface area contributed by atoms with Crippen molar-refractivity contribution in [1.82, 2.24) is 16.0 Å². The van der Waals surface area contributed by atoms with E-state index < -0.39 is 36.0 Å². The summed E-state index contributed by atoms with van der Waals surface area (Å²) in [5, 5.41) is 19.6. The molecule has 0 spiro atoms. The molecule has 10 nitrogen and oxygen atoms in total. The highest BCUT2D eigenvalue weighted by molar-refractivity contribution is 9.08. The molecule has 1 aromatic carbocycles. The number of hydrogen-bond acceptors (Lipinski definition) is 4. The van der Waals surface area contributed by atoms with Crippen molar-refractivity contribution in [2.24, 2.45) is 11.7 Å². The number of halogens is 1. The molecule has 0 bridgehead atoms. The van der Waals surface area contributed by atoms with Crippen molar-refractivity contribution in [3.63, 3.8) is 0 Å². The SMILES string of the molecule is CC(C)[C@H](NC(=O)O)C(=O)N[C@@H](CCCNC(N)=O)C(=O)Nc1ccc(CBr)cc1. The van der Waals surface area contributed by atoms with Crippen LogP contribution in [0.25, 0.3) is 0 Å². The van der Waals surface area contributed by atoms with Crippen LogP contribution in [-0.4, -0.2) is 47.7 Å². The number of carboxylic acid groups (broad SMARTS) is 1. The maximum Gasteiger partial charge on any atom is 0.405 e. The van der Waals surface area contributed by atoms with Gasteiger partial charge in [-0.25, -0.2) is 9.59 Å². The van der Waals surface area contributed by atoms with Crippen LogP contribution in [-0.2, 0) is 14.9 Å². The van der Waals surface area contributed by atoms with Gasteiger partial charge < -0.3 is 32.1 Å². The highest BCUT2D eigenvalue weighted by Gasteiger charge is 2.28. The maximum absolute atomic E-state index is 12.8. The second-order valence-electron chi connectivity index (χ2n) is 6.99. The smallest absolute Gasteiger partial charge is 0.405 e. The molecule has 0 radical (unpaired) electrons. The van der Waals surface area contributed by atoms with Crippen LogP contribution in [0.3, 0.4) is 0 Å². The molecule has 30 heavy (non-hydrogen) atoms. The molecule has 1 aromatic rings. The Labute approximate surface area is 183 Å². The molecule has 0 saturated carbocycles. The van der Waals surface area contributed by atoms with Gasteiger partial charge in [-0.05, 0) is 36.5 Å². The van der Waals surface area contributed by atoms with E-state index >= 15 is 0 Å². The van der Waals surface area contributed by atoms with Crippen molar-refractivity contribution in [2.75, 3.05) is 11.9 Å². The Bertz CT molecular complexity index is 741. The number of rotatable bonds is 11. The Morgan fingerprint density at radius 3 is 2.20 bits per heavy atom. The van der Waals surface area contributed by atoms with Crippen molar-refractivity contribution in [3.05, 3.63) is 29.8 Å². The van der Waals surface area contributed by atoms with Gasteiger partial charge in [0.25, 0.3) is 0 Å². The minimum absolute atomic E-state index is 0.217. The summed E-state index contributed by atoms with van der Waals surface area (Å²) in [6.07, 6.45) is -0.736. The molecule has 1 rings (SSSR count). The van der Waals surface area contributed by atoms with E-state index in [4.69, 9.17) is 10.8 Å². The van der Waals surface area contributed by atoms with E-state index in [-0.39, 0.29) is 18.9 Å². The number of amides is 5. The van der Waals surface area contributed by atoms with Crippen LogP contribution < -0.4 is 27.0 Å². The highest BCUT2D eigenvalue weighted by atomic mass is 79.9. The first-order chi connectivity index (χ1) is 14.1. The predicted molar refractivity (Wildman–Crippen MR) is 116 cm³/mol. The van der Waals surface area contributed by atoms with E-state index in [0.717, 1.165) is 5.56 Å². The van der Waals surface area contributed by atoms with Gasteiger partial charge in [0.1, 0.15) is 12.1 Å². The van der Waals surface area contributed by atoms with Gasteiger partial charge in [-0.1, -0.05) is 41.9 Å². The average Bonchev–Trinajstić information content (AvgIpc) is 2.68. The number of nitrogens with two attached hydrogens (primary N) is 1. The lowest BCUT2D eigenvalue weighted by Gasteiger charge is -2.24. The number of alkyl halides is 1. The topological polar surface area (TPSA) is 163 Å². The Balaban J connectivity index is 2.87. The fourth-order valence-corrected chi connectivity index (χ4v) is 3.00. The second-order valence-corrected chi connectivity index (χ2v) is 7.55. The molecule has 11 heteroatoms. The number of carbonyl (C=O) groups excluding carboxylic acids is 3. The van der Waals surface area contributed by atoms with Gasteiger partial charge in [-0.3, -0.25) is 9.59 Å². The molecular formula is C19H28BrN5O5. The third-order valence-corrected chi connectivity index (χ3v) is 4.85. The first-order valence-corrected chi connectivity index (χ1v) is 10.5. The molecule has 0 saturated heterocycles. The van der Waals surface area contributed by atoms with Crippen LogP contribution in [0.4, 0.5) is 15.3 Å². The zero-order valence-electron chi connectivity index (χ0n) is 16.9. The first kappa shape index (κ1) is 25.2. The van der Waals surface area contributed by atoms with Crippen molar-refractivity contribution in [2.45, 2.75) is 44.1 Å². The van der Waals surface area contributed by atoms with Crippen molar-refractivity contribution >= 4 is 45.6 Å². The standard InChI is InChI=1S/C19H28BrN5O5/c1-11(2)15(25-19(29)30)17(27)24-14(4-3-9-22-18(21)28)16(26)23-13-7-5-12(10-20)6-8-13/h5-8,11,14-15,25H,3-4,9-10H2,1-2H3,(H,23,26)(H,24,27)(H,29,30)(H3,21,22,28)/t14-,15-/m0/s1. The fraction of sp³-hybridized carbons (Fsp3) is 0.474. The minimum atomic E-state index is -1.33. The first-order valence-electron chi connectivity index (χ1n) is 9.43. The third-order valence-electron chi connectivity index (χ3n) is 4.21. The lowest BCUT2D eigenvalue weighted by Crippen LogP contribution is -2.54. The van der Waals surface area contributed by atoms with E-state index in [1.54, 1.807) is 26.0 Å². The summed E-state index contributed by atoms with van der Waals surface area (Å²) in [7, 11) is 0. The monoisotopic (exact) mass is 485 g/mol. The molecule has 0 aliphatic rings. The van der Waals surface area contributed by atoms with Gasteiger partial charge in [0.15, 0.2) is 0 Å². The van der Waals surface area contributed by atoms with Crippen molar-refractivity contribution in [3.8, 4) is 0 Å². The lowest BCUT2D eigenvalue weighted by atomic mass is 10.0. The maximum atomic E-state index is 12.8. The summed E-state index contributed by atoms with van der Waals surface area (Å²) < 4.78 is 0. The van der Waals surface area contributed by atoms with Gasteiger partial charge in [-0.15, -0.1) is 0 Å². The largest absolute Gasteiger partial charge is 0.465 e. The summed E-state index contributed by atoms with van der Waals surface area (Å²) in [6.45, 7) is 3.62. The fourth-order valence-electron chi connectivity index (χ4n) is 2.62. The highest BCUT2D eigenvalue weighted by Crippen LogP contribution is 2.13. The van der Waals surface area contributed by atoms with Crippen LogP contribution >= 0.6 is 15.9 Å². The van der Waals surface area contributed by atoms with Crippen LogP contribution in [0.2, 0.25) is 0 Å². The van der Waals surface area contributed by atoms with Gasteiger partial charge in [0.2, 0.25) is 11.8 Å². The predicted octanol–water partition coefficient (Wildman–Crippen LogP) is 1.75. The quantitative estimate of drug-likeness (QED) is 0.207. The number of benzene rings is 1. The zero-order valence-corrected chi connectivity index (χ0v) is 18.5. The van der Waals surface area contributed by atoms with E-state index in [1.807, 2.05) is 12.1 Å².